The van der Waals surface area contributed by atoms with Gasteiger partial charge in [-0.05, 0) is 43.7 Å². The first-order valence-corrected chi connectivity index (χ1v) is 13.9. The van der Waals surface area contributed by atoms with E-state index in [0.717, 1.165) is 18.4 Å². The molecule has 0 radical (unpaired) electrons. The lowest BCUT2D eigenvalue weighted by atomic mass is 10.2. The fourth-order valence-corrected chi connectivity index (χ4v) is 8.09. The summed E-state index contributed by atoms with van der Waals surface area (Å²) in [5.41, 5.74) is 1.12. The lowest BCUT2D eigenvalue weighted by Gasteiger charge is -2.24. The summed E-state index contributed by atoms with van der Waals surface area (Å²) in [6, 6.07) is 9.63. The van der Waals surface area contributed by atoms with Crippen LogP contribution >= 0.6 is 35.3 Å². The molecule has 0 bridgehead atoms. The Kier molecular flexibility index (Phi) is 7.07. The van der Waals surface area contributed by atoms with Crippen LogP contribution in [0.1, 0.15) is 18.4 Å². The number of benzene rings is 1. The third-order valence-corrected chi connectivity index (χ3v) is 7.95. The van der Waals surface area contributed by atoms with Crippen LogP contribution in [0.3, 0.4) is 0 Å². The highest BCUT2D eigenvalue weighted by molar-refractivity contribution is 8.23. The summed E-state index contributed by atoms with van der Waals surface area (Å²) >= 11 is 8.90. The molecule has 6 heteroatoms. The number of hydrogen-bond donors (Lipinski definition) is 0. The van der Waals surface area contributed by atoms with Gasteiger partial charge in [-0.3, -0.25) is 0 Å². The Bertz CT molecular complexity index is 618. The Hall–Kier alpha value is -0.433. The maximum Gasteiger partial charge on any atom is 0.220 e. The van der Waals surface area contributed by atoms with Crippen molar-refractivity contribution in [3.63, 3.8) is 0 Å². The van der Waals surface area contributed by atoms with Crippen molar-refractivity contribution in [2.45, 2.75) is 50.7 Å². The molecule has 0 saturated carbocycles. The van der Waals surface area contributed by atoms with Crippen LogP contribution in [0.4, 0.5) is 0 Å². The summed E-state index contributed by atoms with van der Waals surface area (Å²) in [5.74, 6) is 0. The van der Waals surface area contributed by atoms with E-state index in [0.29, 0.717) is 16.2 Å². The Labute approximate surface area is 154 Å². The predicted molar refractivity (Wildman–Crippen MR) is 112 cm³/mol. The minimum Gasteiger partial charge on any atom is -0.479 e. The zero-order chi connectivity index (χ0) is 16.9. The lowest BCUT2D eigenvalue weighted by Crippen LogP contribution is -2.26. The second-order valence-electron chi connectivity index (χ2n) is 6.80. The van der Waals surface area contributed by atoms with Gasteiger partial charge in [-0.25, -0.2) is 4.98 Å². The van der Waals surface area contributed by atoms with Crippen molar-refractivity contribution in [1.29, 1.82) is 0 Å². The topological polar surface area (TPSA) is 22.1 Å². The molecule has 0 aliphatic heterocycles. The Morgan fingerprint density at radius 2 is 2.09 bits per heavy atom. The maximum atomic E-state index is 5.48. The van der Waals surface area contributed by atoms with E-state index in [1.165, 1.54) is 15.8 Å². The molecule has 0 spiro atoms. The van der Waals surface area contributed by atoms with Gasteiger partial charge >= 0.3 is 0 Å². The van der Waals surface area contributed by atoms with Crippen molar-refractivity contribution in [3.05, 3.63) is 29.3 Å². The summed E-state index contributed by atoms with van der Waals surface area (Å²) in [6.45, 7) is 9.90. The molecule has 0 N–H and O–H groups in total. The summed E-state index contributed by atoms with van der Waals surface area (Å²) in [4.78, 5) is 4.75. The van der Waals surface area contributed by atoms with E-state index < -0.39 is 8.07 Å². The van der Waals surface area contributed by atoms with E-state index >= 15 is 0 Å². The molecule has 0 amide bonds. The van der Waals surface area contributed by atoms with Crippen LogP contribution in [-0.2, 0) is 11.2 Å². The van der Waals surface area contributed by atoms with Gasteiger partial charge in [-0.15, -0.1) is 11.3 Å². The maximum absolute atomic E-state index is 5.48. The molecule has 1 heterocycles. The number of fused-ring (bicyclic) bond motifs is 1. The standard InChI is InChI=1S/C17H25NOS3Si/c1-5-19-17(20)21-13(12-23(2,3)4)10-11-16-18-14-8-6-7-9-15(14)22-16/h6-9,13H,5,10-12H2,1-4H3. The number of aromatic nitrogens is 1. The van der Waals surface area contributed by atoms with Crippen molar-refractivity contribution < 1.29 is 4.74 Å². The first-order chi connectivity index (χ1) is 10.9. The minimum atomic E-state index is -1.13. The zero-order valence-corrected chi connectivity index (χ0v) is 17.7. The Balaban J connectivity index is 1.99. The van der Waals surface area contributed by atoms with Gasteiger partial charge in [0.15, 0.2) is 0 Å². The zero-order valence-electron chi connectivity index (χ0n) is 14.3. The fourth-order valence-electron chi connectivity index (χ4n) is 2.48. The number of thioether (sulfide) groups is 1. The number of nitrogens with zero attached hydrogens (tertiary/aromatic N) is 1. The number of ether oxygens (including phenoxy) is 1. The number of thiocarbonyl (C=S) groups is 1. The number of aryl methyl sites for hydroxylation is 1. The van der Waals surface area contributed by atoms with Crippen LogP contribution in [0, 0.1) is 0 Å². The fraction of sp³-hybridized carbons (Fsp3) is 0.529. The van der Waals surface area contributed by atoms with Gasteiger partial charge in [-0.2, -0.15) is 0 Å². The Morgan fingerprint density at radius 3 is 2.74 bits per heavy atom. The molecule has 0 saturated heterocycles. The van der Waals surface area contributed by atoms with Crippen LogP contribution in [0.15, 0.2) is 24.3 Å². The van der Waals surface area contributed by atoms with Gasteiger partial charge in [0, 0.05) is 19.7 Å². The highest BCUT2D eigenvalue weighted by atomic mass is 32.2. The van der Waals surface area contributed by atoms with Gasteiger partial charge in [0.25, 0.3) is 0 Å². The molecule has 1 aromatic carbocycles. The molecule has 1 aromatic heterocycles. The van der Waals surface area contributed by atoms with Gasteiger partial charge in [0.1, 0.15) is 0 Å². The molecule has 2 rings (SSSR count). The van der Waals surface area contributed by atoms with Crippen molar-refractivity contribution >= 4 is 58.0 Å². The monoisotopic (exact) mass is 383 g/mol. The highest BCUT2D eigenvalue weighted by Gasteiger charge is 2.23. The molecular formula is C17H25NOS3Si. The quantitative estimate of drug-likeness (QED) is 0.432. The lowest BCUT2D eigenvalue weighted by molar-refractivity contribution is 0.346. The summed E-state index contributed by atoms with van der Waals surface area (Å²) in [5, 5.41) is 1.77. The SMILES string of the molecule is CCOC(=S)SC(CCc1nc2ccccc2s1)C[Si](C)(C)C. The predicted octanol–water partition coefficient (Wildman–Crippen LogP) is 5.99. The van der Waals surface area contributed by atoms with Crippen molar-refractivity contribution in [2.24, 2.45) is 0 Å². The Morgan fingerprint density at radius 1 is 1.35 bits per heavy atom. The highest BCUT2D eigenvalue weighted by Crippen LogP contribution is 2.30. The molecule has 23 heavy (non-hydrogen) atoms. The molecule has 2 nitrogen and oxygen atoms in total. The first kappa shape index (κ1) is 18.9. The molecule has 1 unspecified atom stereocenters. The molecule has 1 atom stereocenters. The van der Waals surface area contributed by atoms with Gasteiger partial charge < -0.3 is 4.74 Å². The minimum absolute atomic E-state index is 0.535. The second-order valence-corrected chi connectivity index (χ2v) is 15.3. The van der Waals surface area contributed by atoms with Crippen molar-refractivity contribution in [1.82, 2.24) is 4.98 Å². The molecule has 0 fully saturated rings. The smallest absolute Gasteiger partial charge is 0.220 e. The number of hydrogen-bond acceptors (Lipinski definition) is 5. The van der Waals surface area contributed by atoms with Crippen molar-refractivity contribution in [3.8, 4) is 0 Å². The van der Waals surface area contributed by atoms with E-state index in [1.54, 1.807) is 11.8 Å². The third-order valence-electron chi connectivity index (χ3n) is 3.38. The van der Waals surface area contributed by atoms with Crippen LogP contribution in [0.2, 0.25) is 25.7 Å². The summed E-state index contributed by atoms with van der Waals surface area (Å²) < 4.78 is 7.46. The van der Waals surface area contributed by atoms with E-state index in [4.69, 9.17) is 21.9 Å². The van der Waals surface area contributed by atoms with Crippen molar-refractivity contribution in [2.75, 3.05) is 6.61 Å². The first-order valence-electron chi connectivity index (χ1n) is 8.05. The normalized spacial score (nSPS) is 13.2. The van der Waals surface area contributed by atoms with Crippen LogP contribution in [0.5, 0.6) is 0 Å². The van der Waals surface area contributed by atoms with Crippen LogP contribution in [-0.4, -0.2) is 29.3 Å². The van der Waals surface area contributed by atoms with E-state index in [1.807, 2.05) is 18.3 Å². The summed E-state index contributed by atoms with van der Waals surface area (Å²) in [6.07, 6.45) is 2.14. The number of para-hydroxylation sites is 1. The number of rotatable bonds is 7. The second kappa shape index (κ2) is 8.60. The van der Waals surface area contributed by atoms with Gasteiger partial charge in [-0.1, -0.05) is 43.5 Å². The van der Waals surface area contributed by atoms with E-state index in [9.17, 15) is 0 Å². The molecule has 0 aliphatic carbocycles. The molecular weight excluding hydrogens is 358 g/mol. The van der Waals surface area contributed by atoms with E-state index in [-0.39, 0.29) is 0 Å². The average Bonchev–Trinajstić information content (AvgIpc) is 2.86. The van der Waals surface area contributed by atoms with Gasteiger partial charge in [0.2, 0.25) is 4.38 Å². The molecule has 0 aliphatic rings. The van der Waals surface area contributed by atoms with E-state index in [2.05, 4.69) is 43.9 Å². The average molecular weight is 384 g/mol. The number of thiazole rings is 1. The largest absolute Gasteiger partial charge is 0.479 e. The molecule has 2 aromatic rings. The van der Waals surface area contributed by atoms with Crippen LogP contribution < -0.4 is 0 Å². The van der Waals surface area contributed by atoms with Crippen LogP contribution in [0.25, 0.3) is 10.2 Å². The van der Waals surface area contributed by atoms with Gasteiger partial charge in [0.05, 0.1) is 21.8 Å². The summed E-state index contributed by atoms with van der Waals surface area (Å²) in [7, 11) is -1.13. The molecule has 126 valence electrons. The third kappa shape index (κ3) is 6.53.